The van der Waals surface area contributed by atoms with E-state index in [4.69, 9.17) is 16.3 Å². The van der Waals surface area contributed by atoms with Gasteiger partial charge in [0.1, 0.15) is 11.5 Å². The first-order chi connectivity index (χ1) is 8.76. The summed E-state index contributed by atoms with van der Waals surface area (Å²) < 4.78 is 5.24. The number of hydrogen-bond donors (Lipinski definition) is 1. The summed E-state index contributed by atoms with van der Waals surface area (Å²) in [5.41, 5.74) is -0.233. The van der Waals surface area contributed by atoms with Crippen molar-refractivity contribution in [3.63, 3.8) is 0 Å². The molecule has 0 saturated carbocycles. The summed E-state index contributed by atoms with van der Waals surface area (Å²) in [5.74, 6) is 0.416. The van der Waals surface area contributed by atoms with Gasteiger partial charge >= 0.3 is 0 Å². The molecule has 0 spiro atoms. The predicted molar refractivity (Wildman–Crippen MR) is 74.6 cm³/mol. The van der Waals surface area contributed by atoms with E-state index >= 15 is 0 Å². The number of nitrogens with one attached hydrogen (secondary N) is 1. The molecule has 19 heavy (non-hydrogen) atoms. The smallest absolute Gasteiger partial charge is 0.271 e. The standard InChI is InChI=1S/C13H20ClN3O2/c1-8(2)11-15-6-9(14)10(17-11)12(18)16-7-13(3,4)19-5/h6,8H,7H2,1-5H3,(H,16,18). The van der Waals surface area contributed by atoms with Gasteiger partial charge in [0.2, 0.25) is 0 Å². The van der Waals surface area contributed by atoms with Crippen LogP contribution in [0.1, 0.15) is 49.9 Å². The van der Waals surface area contributed by atoms with E-state index in [0.717, 1.165) is 0 Å². The summed E-state index contributed by atoms with van der Waals surface area (Å²) >= 11 is 5.96. The fraction of sp³-hybridized carbons (Fsp3) is 0.615. The number of amides is 1. The Kier molecular flexibility index (Phi) is 5.26. The third-order valence-electron chi connectivity index (χ3n) is 2.72. The van der Waals surface area contributed by atoms with Gasteiger partial charge in [-0.15, -0.1) is 0 Å². The maximum Gasteiger partial charge on any atom is 0.271 e. The summed E-state index contributed by atoms with van der Waals surface area (Å²) in [6.45, 7) is 8.06. The van der Waals surface area contributed by atoms with Crippen LogP contribution in [0, 0.1) is 0 Å². The van der Waals surface area contributed by atoms with Crippen molar-refractivity contribution in [3.8, 4) is 0 Å². The van der Waals surface area contributed by atoms with Gasteiger partial charge in [0.15, 0.2) is 0 Å². The largest absolute Gasteiger partial charge is 0.377 e. The predicted octanol–water partition coefficient (Wildman–Crippen LogP) is 2.41. The third kappa shape index (κ3) is 4.44. The van der Waals surface area contributed by atoms with Gasteiger partial charge in [0.25, 0.3) is 5.91 Å². The summed E-state index contributed by atoms with van der Waals surface area (Å²) in [7, 11) is 1.60. The van der Waals surface area contributed by atoms with Crippen LogP contribution in [0.3, 0.4) is 0 Å². The molecule has 0 aromatic carbocycles. The van der Waals surface area contributed by atoms with Crippen LogP contribution >= 0.6 is 11.6 Å². The third-order valence-corrected chi connectivity index (χ3v) is 3.00. The van der Waals surface area contributed by atoms with Crippen LogP contribution < -0.4 is 5.32 Å². The number of carbonyl (C=O) groups excluding carboxylic acids is 1. The summed E-state index contributed by atoms with van der Waals surface area (Å²) in [5, 5.41) is 3.01. The number of aromatic nitrogens is 2. The van der Waals surface area contributed by atoms with E-state index in [1.165, 1.54) is 6.20 Å². The summed E-state index contributed by atoms with van der Waals surface area (Å²) in [6, 6.07) is 0. The molecule has 0 unspecified atom stereocenters. The molecule has 1 N–H and O–H groups in total. The highest BCUT2D eigenvalue weighted by Gasteiger charge is 2.20. The highest BCUT2D eigenvalue weighted by atomic mass is 35.5. The quantitative estimate of drug-likeness (QED) is 0.902. The lowest BCUT2D eigenvalue weighted by Gasteiger charge is -2.23. The molecule has 0 radical (unpaired) electrons. The number of ether oxygens (including phenoxy) is 1. The molecule has 1 amide bonds. The monoisotopic (exact) mass is 285 g/mol. The van der Waals surface area contributed by atoms with E-state index < -0.39 is 5.60 Å². The van der Waals surface area contributed by atoms with Crippen molar-refractivity contribution in [1.82, 2.24) is 15.3 Å². The Bertz CT molecular complexity index is 461. The van der Waals surface area contributed by atoms with Crippen LogP contribution in [0.15, 0.2) is 6.20 Å². The second kappa shape index (κ2) is 6.30. The van der Waals surface area contributed by atoms with Gasteiger partial charge in [0.05, 0.1) is 16.8 Å². The Morgan fingerprint density at radius 2 is 2.16 bits per heavy atom. The minimum atomic E-state index is -0.434. The summed E-state index contributed by atoms with van der Waals surface area (Å²) in [6.07, 6.45) is 1.46. The number of carbonyl (C=O) groups is 1. The van der Waals surface area contributed by atoms with Gasteiger partial charge < -0.3 is 10.1 Å². The Morgan fingerprint density at radius 1 is 1.53 bits per heavy atom. The van der Waals surface area contributed by atoms with E-state index in [-0.39, 0.29) is 22.5 Å². The van der Waals surface area contributed by atoms with Crippen molar-refractivity contribution in [2.75, 3.05) is 13.7 Å². The first kappa shape index (κ1) is 15.9. The van der Waals surface area contributed by atoms with Crippen molar-refractivity contribution in [2.45, 2.75) is 39.2 Å². The second-order valence-electron chi connectivity index (χ2n) is 5.23. The molecule has 0 bridgehead atoms. The van der Waals surface area contributed by atoms with Crippen molar-refractivity contribution >= 4 is 17.5 Å². The fourth-order valence-corrected chi connectivity index (χ4v) is 1.44. The zero-order chi connectivity index (χ0) is 14.6. The number of methoxy groups -OCH3 is 1. The maximum atomic E-state index is 12.1. The van der Waals surface area contributed by atoms with Crippen LogP contribution in [0.4, 0.5) is 0 Å². The van der Waals surface area contributed by atoms with E-state index in [2.05, 4.69) is 15.3 Å². The van der Waals surface area contributed by atoms with Crippen molar-refractivity contribution in [3.05, 3.63) is 22.7 Å². The SMILES string of the molecule is COC(C)(C)CNC(=O)c1nc(C(C)C)ncc1Cl. The molecule has 0 aliphatic carbocycles. The topological polar surface area (TPSA) is 64.1 Å². The van der Waals surface area contributed by atoms with Crippen LogP contribution in [0.2, 0.25) is 5.02 Å². The molecular formula is C13H20ClN3O2. The lowest BCUT2D eigenvalue weighted by molar-refractivity contribution is 0.0228. The number of hydrogen-bond acceptors (Lipinski definition) is 4. The van der Waals surface area contributed by atoms with Gasteiger partial charge in [-0.05, 0) is 13.8 Å². The second-order valence-corrected chi connectivity index (χ2v) is 5.63. The van der Waals surface area contributed by atoms with Crippen LogP contribution in [0.25, 0.3) is 0 Å². The zero-order valence-corrected chi connectivity index (χ0v) is 12.7. The molecule has 1 aromatic rings. The molecule has 6 heteroatoms. The molecule has 1 heterocycles. The fourth-order valence-electron chi connectivity index (χ4n) is 1.27. The normalized spacial score (nSPS) is 11.7. The van der Waals surface area contributed by atoms with Crippen LogP contribution in [0.5, 0.6) is 0 Å². The van der Waals surface area contributed by atoms with E-state index in [9.17, 15) is 4.79 Å². The van der Waals surface area contributed by atoms with Crippen LogP contribution in [-0.2, 0) is 4.74 Å². The van der Waals surface area contributed by atoms with E-state index in [0.29, 0.717) is 12.4 Å². The number of nitrogens with zero attached hydrogens (tertiary/aromatic N) is 2. The number of halogens is 1. The first-order valence-electron chi connectivity index (χ1n) is 6.12. The highest BCUT2D eigenvalue weighted by molar-refractivity contribution is 6.33. The molecule has 0 aliphatic rings. The molecule has 0 saturated heterocycles. The van der Waals surface area contributed by atoms with Crippen molar-refractivity contribution in [1.29, 1.82) is 0 Å². The lowest BCUT2D eigenvalue weighted by atomic mass is 10.1. The number of rotatable bonds is 5. The Labute approximate surface area is 118 Å². The lowest BCUT2D eigenvalue weighted by Crippen LogP contribution is -2.40. The Balaban J connectivity index is 2.85. The summed E-state index contributed by atoms with van der Waals surface area (Å²) in [4.78, 5) is 20.4. The molecule has 0 fully saturated rings. The van der Waals surface area contributed by atoms with Gasteiger partial charge in [-0.25, -0.2) is 9.97 Å². The Hall–Kier alpha value is -1.20. The molecule has 0 aliphatic heterocycles. The first-order valence-corrected chi connectivity index (χ1v) is 6.50. The molecule has 1 rings (SSSR count). The molecule has 5 nitrogen and oxygen atoms in total. The van der Waals surface area contributed by atoms with Crippen molar-refractivity contribution < 1.29 is 9.53 Å². The van der Waals surface area contributed by atoms with E-state index in [1.807, 2.05) is 27.7 Å². The minimum absolute atomic E-state index is 0.138. The average Bonchev–Trinajstić information content (AvgIpc) is 2.36. The highest BCUT2D eigenvalue weighted by Crippen LogP contribution is 2.16. The van der Waals surface area contributed by atoms with Gasteiger partial charge in [-0.2, -0.15) is 0 Å². The average molecular weight is 286 g/mol. The molecular weight excluding hydrogens is 266 g/mol. The molecule has 0 atom stereocenters. The molecule has 1 aromatic heterocycles. The van der Waals surface area contributed by atoms with Crippen molar-refractivity contribution in [2.24, 2.45) is 0 Å². The van der Waals surface area contributed by atoms with Gasteiger partial charge in [0, 0.05) is 19.6 Å². The molecule has 106 valence electrons. The maximum absolute atomic E-state index is 12.1. The minimum Gasteiger partial charge on any atom is -0.377 e. The van der Waals surface area contributed by atoms with Crippen LogP contribution in [-0.4, -0.2) is 35.1 Å². The van der Waals surface area contributed by atoms with E-state index in [1.54, 1.807) is 7.11 Å². The Morgan fingerprint density at radius 3 is 2.68 bits per heavy atom. The van der Waals surface area contributed by atoms with Gasteiger partial charge in [-0.3, -0.25) is 4.79 Å². The zero-order valence-electron chi connectivity index (χ0n) is 12.0. The van der Waals surface area contributed by atoms with Gasteiger partial charge in [-0.1, -0.05) is 25.4 Å².